The number of nitrogens with zero attached hydrogens (tertiary/aromatic N) is 6. The number of hydrogen-bond acceptors (Lipinski definition) is 5. The van der Waals surface area contributed by atoms with Crippen molar-refractivity contribution < 1.29 is 18.9 Å². The largest absolute Gasteiger partial charge is 1.00 e. The van der Waals surface area contributed by atoms with Crippen LogP contribution in [-0.2, 0) is 0 Å². The third kappa shape index (κ3) is 13.9. The predicted octanol–water partition coefficient (Wildman–Crippen LogP) is 4.54. The van der Waals surface area contributed by atoms with Gasteiger partial charge < -0.3 is 23.6 Å². The average Bonchev–Trinajstić information content (AvgIpc) is 3.40. The minimum atomic E-state index is -1.50. The molecule has 2 aliphatic rings. The van der Waals surface area contributed by atoms with E-state index in [1.165, 1.54) is 32.2 Å². The summed E-state index contributed by atoms with van der Waals surface area (Å²) in [5, 5.41) is 3.93. The fourth-order valence-electron chi connectivity index (χ4n) is 4.34. The van der Waals surface area contributed by atoms with E-state index in [1.807, 2.05) is 7.05 Å². The van der Waals surface area contributed by atoms with Gasteiger partial charge in [-0.2, -0.15) is 7.05 Å². The maximum absolute atomic E-state index is 6.54. The van der Waals surface area contributed by atoms with E-state index in [2.05, 4.69) is 157 Å². The van der Waals surface area contributed by atoms with Crippen molar-refractivity contribution in [2.75, 3.05) is 27.2 Å². The first-order chi connectivity index (χ1) is 17.6. The van der Waals surface area contributed by atoms with Gasteiger partial charge in [0.25, 0.3) is 0 Å². The van der Waals surface area contributed by atoms with E-state index in [4.69, 9.17) is 11.1 Å². The summed E-state index contributed by atoms with van der Waals surface area (Å²) >= 11 is 6.54. The van der Waals surface area contributed by atoms with Gasteiger partial charge in [-0.25, -0.2) is 0 Å². The smallest absolute Gasteiger partial charge is 0.665 e. The van der Waals surface area contributed by atoms with Crippen LogP contribution in [-0.4, -0.2) is 89.9 Å². The molecule has 2 aliphatic heterocycles. The summed E-state index contributed by atoms with van der Waals surface area (Å²) in [6, 6.07) is 0. The monoisotopic (exact) mass is 608 g/mol. The van der Waals surface area contributed by atoms with E-state index in [9.17, 15) is 0 Å². The van der Waals surface area contributed by atoms with Crippen LogP contribution >= 0.6 is 11.1 Å². The summed E-state index contributed by atoms with van der Waals surface area (Å²) < 4.78 is 12.4. The normalized spacial score (nSPS) is 16.8. The Morgan fingerprint density at radius 2 is 0.975 bits per heavy atom. The molecule has 0 radical (unpaired) electrons. The molecule has 232 valence electrons. The van der Waals surface area contributed by atoms with Gasteiger partial charge in [-0.3, -0.25) is 4.57 Å². The van der Waals surface area contributed by atoms with E-state index >= 15 is 0 Å². The molecule has 0 spiro atoms. The molecule has 0 aromatic carbocycles. The van der Waals surface area contributed by atoms with Gasteiger partial charge >= 0.3 is 36.6 Å². The van der Waals surface area contributed by atoms with Crippen molar-refractivity contribution in [1.29, 1.82) is 0 Å². The van der Waals surface area contributed by atoms with Crippen LogP contribution in [0.25, 0.3) is 5.32 Å². The van der Waals surface area contributed by atoms with Crippen molar-refractivity contribution in [2.24, 2.45) is 0 Å². The van der Waals surface area contributed by atoms with Gasteiger partial charge in [0.2, 0.25) is 0 Å². The molecule has 0 unspecified atom stereocenters. The fraction of sp³-hybridized carbons (Fsp3) is 0.867. The Kier molecular flexibility index (Phi) is 18.8. The van der Waals surface area contributed by atoms with E-state index < -0.39 is 17.7 Å². The fourth-order valence-corrected chi connectivity index (χ4v) is 11.9. The Labute approximate surface area is 271 Å². The maximum atomic E-state index is 6.54. The van der Waals surface area contributed by atoms with Crippen LogP contribution in [0.2, 0.25) is 0 Å². The van der Waals surface area contributed by atoms with Crippen molar-refractivity contribution in [3.05, 3.63) is 30.1 Å². The second-order valence-electron chi connectivity index (χ2n) is 14.8. The SMILES string of the molecule is CC(C)(C)N1C=CN(C(C)(C)C)[SiH]1Cl.CCCCN(C)[SiH]1N(C(C)(C)C)C=CN1C(C)(C)C.CCCC[N-]C.[Li+]. The van der Waals surface area contributed by atoms with Gasteiger partial charge in [-0.15, -0.1) is 17.6 Å². The molecule has 0 aromatic rings. The third-order valence-corrected chi connectivity index (χ3v) is 14.8. The minimum Gasteiger partial charge on any atom is -0.665 e. The van der Waals surface area contributed by atoms with E-state index in [0.717, 1.165) is 6.54 Å². The van der Waals surface area contributed by atoms with Crippen LogP contribution in [0.4, 0.5) is 0 Å². The molecule has 0 saturated carbocycles. The Hall–Kier alpha value is -0.0788. The van der Waals surface area contributed by atoms with Gasteiger partial charge in [0.05, 0.1) is 0 Å². The Morgan fingerprint density at radius 3 is 1.20 bits per heavy atom. The van der Waals surface area contributed by atoms with Crippen LogP contribution in [0.5, 0.6) is 0 Å². The Balaban J connectivity index is 0. The summed E-state index contributed by atoms with van der Waals surface area (Å²) in [4.78, 5) is 0. The third-order valence-electron chi connectivity index (χ3n) is 6.82. The second-order valence-corrected chi connectivity index (χ2v) is 20.4. The summed E-state index contributed by atoms with van der Waals surface area (Å²) in [5.41, 5.74) is 0.673. The van der Waals surface area contributed by atoms with Gasteiger partial charge in [-0.05, 0) is 103 Å². The van der Waals surface area contributed by atoms with Crippen molar-refractivity contribution in [3.63, 3.8) is 0 Å². The minimum absolute atomic E-state index is 0. The predicted molar refractivity (Wildman–Crippen MR) is 181 cm³/mol. The molecule has 2 rings (SSSR count). The quantitative estimate of drug-likeness (QED) is 0.241. The van der Waals surface area contributed by atoms with Crippen molar-refractivity contribution >= 4 is 28.8 Å². The summed E-state index contributed by atoms with van der Waals surface area (Å²) in [6.07, 6.45) is 14.0. The van der Waals surface area contributed by atoms with Gasteiger partial charge in [-0.1, -0.05) is 33.1 Å². The topological polar surface area (TPSA) is 30.3 Å². The van der Waals surface area contributed by atoms with Crippen LogP contribution in [0, 0.1) is 0 Å². The van der Waals surface area contributed by atoms with Crippen LogP contribution < -0.4 is 18.9 Å². The number of hydrogen-bond donors (Lipinski definition) is 0. The van der Waals surface area contributed by atoms with Gasteiger partial charge in [0.1, 0.15) is 0 Å². The molecule has 10 heteroatoms. The average molecular weight is 609 g/mol. The molecule has 0 aromatic heterocycles. The first-order valence-corrected chi connectivity index (χ1v) is 19.4. The van der Waals surface area contributed by atoms with Crippen LogP contribution in [0.15, 0.2) is 24.8 Å². The standard InChI is InChI=1S/C15H33N3Si.C10H21ClN2Si.C5H12N.Li/c1-9-10-11-16(8)19-17(14(2,3)4)12-13-18(19)15(5,6)7;1-9(2,3)12-7-8-13(14(12)11)10(4,5)6;1-3-4-5-6-2;/h12-13,19H,9-11H2,1-8H3;7-8,14H,1-6H3;3-5H2,1-2H3;/q;;-1;+1. The Bertz CT molecular complexity index is 688. The van der Waals surface area contributed by atoms with E-state index in [0.29, 0.717) is 0 Å². The molecule has 6 nitrogen and oxygen atoms in total. The molecule has 0 fully saturated rings. The number of rotatable bonds is 7. The summed E-state index contributed by atoms with van der Waals surface area (Å²) in [5.74, 6) is 0. The van der Waals surface area contributed by atoms with Gasteiger partial charge in [0, 0.05) is 47.0 Å². The molecule has 0 atom stereocenters. The molecule has 2 heterocycles. The van der Waals surface area contributed by atoms with Crippen molar-refractivity contribution in [1.82, 2.24) is 22.8 Å². The molecule has 0 aliphatic carbocycles. The number of halogens is 1. The summed E-state index contributed by atoms with van der Waals surface area (Å²) in [6.45, 7) is 33.8. The zero-order chi connectivity index (χ0) is 30.8. The van der Waals surface area contributed by atoms with Gasteiger partial charge in [0.15, 0.2) is 0 Å². The van der Waals surface area contributed by atoms with E-state index in [-0.39, 0.29) is 41.0 Å². The molecule has 40 heavy (non-hydrogen) atoms. The second kappa shape index (κ2) is 17.9. The van der Waals surface area contributed by atoms with Crippen LogP contribution in [0.3, 0.4) is 0 Å². The zero-order valence-electron chi connectivity index (χ0n) is 29.8. The van der Waals surface area contributed by atoms with E-state index in [1.54, 1.807) is 0 Å². The van der Waals surface area contributed by atoms with Crippen molar-refractivity contribution in [3.8, 4) is 0 Å². The molecular weight excluding hydrogens is 543 g/mol. The first-order valence-electron chi connectivity index (χ1n) is 15.0. The first kappa shape index (κ1) is 42.1. The zero-order valence-corrected chi connectivity index (χ0v) is 32.8. The number of unbranched alkanes of at least 4 members (excludes halogenated alkanes) is 2. The van der Waals surface area contributed by atoms with Crippen LogP contribution in [0.1, 0.15) is 123 Å². The maximum Gasteiger partial charge on any atom is 1.00 e. The Morgan fingerprint density at radius 1 is 0.650 bits per heavy atom. The van der Waals surface area contributed by atoms with Crippen molar-refractivity contribution in [2.45, 2.75) is 145 Å². The summed E-state index contributed by atoms with van der Waals surface area (Å²) in [7, 11) is 1.36. The molecular formula is C30H66ClLiN6Si2. The molecule has 0 saturated heterocycles. The molecule has 0 amide bonds. The molecule has 0 bridgehead atoms. The molecule has 0 N–H and O–H groups in total.